The number of benzene rings is 3. The van der Waals surface area contributed by atoms with E-state index in [9.17, 15) is 14.7 Å². The van der Waals surface area contributed by atoms with Gasteiger partial charge in [0.25, 0.3) is 0 Å². The van der Waals surface area contributed by atoms with Crippen LogP contribution < -0.4 is 5.63 Å². The van der Waals surface area contributed by atoms with E-state index in [1.54, 1.807) is 72.8 Å². The maximum atomic E-state index is 12.6. The molecule has 4 aromatic rings. The predicted octanol–water partition coefficient (Wildman–Crippen LogP) is 4.48. The highest BCUT2D eigenvalue weighted by atomic mass is 16.4. The van der Waals surface area contributed by atoms with Crippen LogP contribution in [-0.4, -0.2) is 17.1 Å². The second-order valence-electron chi connectivity index (χ2n) is 6.15. The molecule has 0 amide bonds. The van der Waals surface area contributed by atoms with Crippen molar-refractivity contribution in [3.8, 4) is 5.75 Å². The lowest BCUT2D eigenvalue weighted by Crippen LogP contribution is -2.06. The van der Waals surface area contributed by atoms with Gasteiger partial charge in [-0.25, -0.2) is 4.79 Å². The first-order valence-electron chi connectivity index (χ1n) is 8.62. The largest absolute Gasteiger partial charge is 0.506 e. The highest BCUT2D eigenvalue weighted by Crippen LogP contribution is 2.25. The normalized spacial score (nSPS) is 11.1. The van der Waals surface area contributed by atoms with Crippen LogP contribution in [0.15, 0.2) is 93.1 Å². The number of carbonyl (C=O) groups is 1. The number of para-hydroxylation sites is 1. The lowest BCUT2D eigenvalue weighted by atomic mass is 10.0. The molecule has 4 rings (SSSR count). The average molecular weight is 369 g/mol. The molecule has 5 nitrogen and oxygen atoms in total. The van der Waals surface area contributed by atoms with Gasteiger partial charge >= 0.3 is 5.63 Å². The number of carbonyl (C=O) groups excluding carboxylic acids is 1. The zero-order valence-corrected chi connectivity index (χ0v) is 14.7. The summed E-state index contributed by atoms with van der Waals surface area (Å²) in [4.78, 5) is 29.0. The van der Waals surface area contributed by atoms with Gasteiger partial charge in [-0.15, -0.1) is 0 Å². The monoisotopic (exact) mass is 369 g/mol. The van der Waals surface area contributed by atoms with Gasteiger partial charge in [-0.2, -0.15) is 0 Å². The summed E-state index contributed by atoms with van der Waals surface area (Å²) in [6.45, 7) is 0. The Labute approximate surface area is 160 Å². The summed E-state index contributed by atoms with van der Waals surface area (Å²) >= 11 is 0. The molecule has 1 heterocycles. The summed E-state index contributed by atoms with van der Waals surface area (Å²) in [5.41, 5.74) is 1.12. The van der Waals surface area contributed by atoms with Crippen LogP contribution in [0.25, 0.3) is 11.0 Å². The van der Waals surface area contributed by atoms with Gasteiger partial charge in [0, 0.05) is 17.3 Å². The molecule has 1 N–H and O–H groups in total. The molecule has 5 heteroatoms. The van der Waals surface area contributed by atoms with E-state index in [4.69, 9.17) is 4.42 Å². The van der Waals surface area contributed by atoms with Crippen LogP contribution in [0.3, 0.4) is 0 Å². The van der Waals surface area contributed by atoms with E-state index < -0.39 is 5.63 Å². The van der Waals surface area contributed by atoms with E-state index in [1.165, 1.54) is 6.21 Å². The first kappa shape index (κ1) is 17.4. The highest BCUT2D eigenvalue weighted by molar-refractivity contribution is 6.09. The van der Waals surface area contributed by atoms with E-state index in [2.05, 4.69) is 4.99 Å². The number of ketones is 1. The van der Waals surface area contributed by atoms with Gasteiger partial charge in [-0.05, 0) is 24.3 Å². The molecule has 0 saturated heterocycles. The van der Waals surface area contributed by atoms with Crippen molar-refractivity contribution in [2.45, 2.75) is 0 Å². The minimum Gasteiger partial charge on any atom is -0.506 e. The van der Waals surface area contributed by atoms with Crippen LogP contribution >= 0.6 is 0 Å². The standard InChI is InChI=1S/C23H15NO4/c25-21(15-7-2-1-3-8-15)16-9-6-10-17(13-16)24-14-19-22(26)18-11-4-5-12-20(18)28-23(19)27/h1-14,26H. The topological polar surface area (TPSA) is 79.9 Å². The fraction of sp³-hybridized carbons (Fsp3) is 0. The summed E-state index contributed by atoms with van der Waals surface area (Å²) in [7, 11) is 0. The van der Waals surface area contributed by atoms with Crippen LogP contribution in [0.1, 0.15) is 21.5 Å². The average Bonchev–Trinajstić information content (AvgIpc) is 2.74. The van der Waals surface area contributed by atoms with Gasteiger partial charge in [0.1, 0.15) is 16.9 Å². The lowest BCUT2D eigenvalue weighted by molar-refractivity contribution is 0.103. The summed E-state index contributed by atoms with van der Waals surface area (Å²) < 4.78 is 5.22. The fourth-order valence-electron chi connectivity index (χ4n) is 2.88. The van der Waals surface area contributed by atoms with E-state index in [0.717, 1.165) is 0 Å². The fourth-order valence-corrected chi connectivity index (χ4v) is 2.88. The van der Waals surface area contributed by atoms with Gasteiger partial charge in [0.05, 0.1) is 11.1 Å². The number of hydrogen-bond donors (Lipinski definition) is 1. The summed E-state index contributed by atoms with van der Waals surface area (Å²) in [6, 6.07) is 22.4. The van der Waals surface area contributed by atoms with Gasteiger partial charge in [0.15, 0.2) is 5.78 Å². The molecule has 0 spiro atoms. The van der Waals surface area contributed by atoms with Gasteiger partial charge in [0.2, 0.25) is 0 Å². The zero-order valence-electron chi connectivity index (χ0n) is 14.7. The molecule has 0 aliphatic rings. The Kier molecular flexibility index (Phi) is 4.56. The van der Waals surface area contributed by atoms with Gasteiger partial charge < -0.3 is 9.52 Å². The van der Waals surface area contributed by atoms with Crippen LogP contribution in [0.5, 0.6) is 5.75 Å². The highest BCUT2D eigenvalue weighted by Gasteiger charge is 2.12. The predicted molar refractivity (Wildman–Crippen MR) is 108 cm³/mol. The molecule has 28 heavy (non-hydrogen) atoms. The van der Waals surface area contributed by atoms with E-state index in [-0.39, 0.29) is 17.1 Å². The van der Waals surface area contributed by atoms with Crippen LogP contribution in [-0.2, 0) is 0 Å². The van der Waals surface area contributed by atoms with E-state index in [0.29, 0.717) is 27.8 Å². The molecule has 0 radical (unpaired) electrons. The third-order valence-electron chi connectivity index (χ3n) is 4.31. The van der Waals surface area contributed by atoms with Crippen molar-refractivity contribution in [2.75, 3.05) is 0 Å². The Balaban J connectivity index is 1.69. The second-order valence-corrected chi connectivity index (χ2v) is 6.15. The van der Waals surface area contributed by atoms with Crippen LogP contribution in [0.2, 0.25) is 0 Å². The molecule has 0 saturated carbocycles. The third-order valence-corrected chi connectivity index (χ3v) is 4.31. The Morgan fingerprint density at radius 3 is 2.43 bits per heavy atom. The zero-order chi connectivity index (χ0) is 19.5. The molecule has 0 aliphatic carbocycles. The van der Waals surface area contributed by atoms with Crippen molar-refractivity contribution in [1.82, 2.24) is 0 Å². The van der Waals surface area contributed by atoms with E-state index in [1.807, 2.05) is 6.07 Å². The molecular formula is C23H15NO4. The Bertz CT molecular complexity index is 1260. The number of rotatable bonds is 4. The van der Waals surface area contributed by atoms with Crippen LogP contribution in [0, 0.1) is 0 Å². The molecule has 0 bridgehead atoms. The Morgan fingerprint density at radius 1 is 0.893 bits per heavy atom. The third kappa shape index (κ3) is 3.33. The van der Waals surface area contributed by atoms with Crippen molar-refractivity contribution < 1.29 is 14.3 Å². The minimum absolute atomic E-state index is 0.0431. The molecule has 0 unspecified atom stereocenters. The summed E-state index contributed by atoms with van der Waals surface area (Å²) in [5, 5.41) is 10.8. The van der Waals surface area contributed by atoms with Crippen molar-refractivity contribution in [3.63, 3.8) is 0 Å². The van der Waals surface area contributed by atoms with Crippen molar-refractivity contribution in [3.05, 3.63) is 106 Å². The first-order chi connectivity index (χ1) is 13.6. The number of fused-ring (bicyclic) bond motifs is 1. The second kappa shape index (κ2) is 7.32. The number of hydrogen-bond acceptors (Lipinski definition) is 5. The molecular weight excluding hydrogens is 354 g/mol. The van der Waals surface area contributed by atoms with Crippen molar-refractivity contribution in [1.29, 1.82) is 0 Å². The number of aromatic hydroxyl groups is 1. The van der Waals surface area contributed by atoms with Gasteiger partial charge in [-0.3, -0.25) is 9.79 Å². The molecule has 136 valence electrons. The minimum atomic E-state index is -0.684. The molecule has 0 aliphatic heterocycles. The van der Waals surface area contributed by atoms with E-state index >= 15 is 0 Å². The Hall–Kier alpha value is -3.99. The molecule has 1 aromatic heterocycles. The maximum Gasteiger partial charge on any atom is 0.348 e. The maximum absolute atomic E-state index is 12.6. The Morgan fingerprint density at radius 2 is 1.61 bits per heavy atom. The van der Waals surface area contributed by atoms with Gasteiger partial charge in [-0.1, -0.05) is 54.6 Å². The van der Waals surface area contributed by atoms with Crippen molar-refractivity contribution in [2.24, 2.45) is 4.99 Å². The molecule has 3 aromatic carbocycles. The summed E-state index contributed by atoms with van der Waals surface area (Å²) in [5.74, 6) is -0.308. The first-order valence-corrected chi connectivity index (χ1v) is 8.62. The van der Waals surface area contributed by atoms with Crippen molar-refractivity contribution >= 4 is 28.7 Å². The summed E-state index contributed by atoms with van der Waals surface area (Å²) in [6.07, 6.45) is 1.25. The lowest BCUT2D eigenvalue weighted by Gasteiger charge is -2.03. The molecule has 0 fully saturated rings. The van der Waals surface area contributed by atoms with Crippen LogP contribution in [0.4, 0.5) is 5.69 Å². The number of nitrogens with zero attached hydrogens (tertiary/aromatic N) is 1. The number of aliphatic imine (C=N–C) groups is 1. The molecule has 0 atom stereocenters. The smallest absolute Gasteiger partial charge is 0.348 e. The quantitative estimate of drug-likeness (QED) is 0.327. The SMILES string of the molecule is O=C(c1ccccc1)c1cccc(N=Cc2c(O)c3ccccc3oc2=O)c1.